The minimum atomic E-state index is 0.633. The molecule has 3 nitrogen and oxygen atoms in total. The van der Waals surface area contributed by atoms with Crippen LogP contribution in [0.25, 0.3) is 0 Å². The first-order valence-electron chi connectivity index (χ1n) is 5.62. The molecule has 0 unspecified atom stereocenters. The van der Waals surface area contributed by atoms with Gasteiger partial charge in [-0.2, -0.15) is 0 Å². The molecule has 1 N–H and O–H groups in total. The molecule has 0 aliphatic carbocycles. The number of nitrogens with one attached hydrogen (secondary N) is 1. The van der Waals surface area contributed by atoms with Crippen LogP contribution in [0.1, 0.15) is 11.1 Å². The maximum Gasteiger partial charge on any atom is 0.219 e. The van der Waals surface area contributed by atoms with Gasteiger partial charge in [0.15, 0.2) is 0 Å². The van der Waals surface area contributed by atoms with Gasteiger partial charge in [-0.15, -0.1) is 0 Å². The first-order chi connectivity index (χ1) is 8.29. The van der Waals surface area contributed by atoms with E-state index in [4.69, 9.17) is 4.74 Å². The molecule has 88 valence electrons. The zero-order chi connectivity index (χ0) is 12.1. The summed E-state index contributed by atoms with van der Waals surface area (Å²) in [6.45, 7) is 2.80. The quantitative estimate of drug-likeness (QED) is 0.873. The van der Waals surface area contributed by atoms with Crippen LogP contribution in [0.3, 0.4) is 0 Å². The normalized spacial score (nSPS) is 10.2. The van der Waals surface area contributed by atoms with Gasteiger partial charge in [-0.25, -0.2) is 4.98 Å². The number of para-hydroxylation sites is 1. The Labute approximate surface area is 101 Å². The van der Waals surface area contributed by atoms with Gasteiger partial charge in [-0.05, 0) is 31.7 Å². The van der Waals surface area contributed by atoms with E-state index in [1.165, 1.54) is 0 Å². The van der Waals surface area contributed by atoms with Crippen molar-refractivity contribution < 1.29 is 4.74 Å². The number of hydrogen-bond donors (Lipinski definition) is 1. The maximum absolute atomic E-state index is 5.79. The Morgan fingerprint density at radius 1 is 1.24 bits per heavy atom. The molecule has 1 aromatic heterocycles. The Hall–Kier alpha value is -1.87. The highest BCUT2D eigenvalue weighted by atomic mass is 16.5. The molecule has 17 heavy (non-hydrogen) atoms. The second-order valence-electron chi connectivity index (χ2n) is 3.91. The van der Waals surface area contributed by atoms with E-state index < -0.39 is 0 Å². The SMILES string of the molecule is CNCc1ccccc1Oc1cc(C)ccn1. The highest BCUT2D eigenvalue weighted by Gasteiger charge is 2.04. The summed E-state index contributed by atoms with van der Waals surface area (Å²) >= 11 is 0. The summed E-state index contributed by atoms with van der Waals surface area (Å²) < 4.78 is 5.79. The molecule has 0 spiro atoms. The second-order valence-corrected chi connectivity index (χ2v) is 3.91. The molecule has 0 radical (unpaired) electrons. The van der Waals surface area contributed by atoms with Crippen molar-refractivity contribution in [1.29, 1.82) is 0 Å². The van der Waals surface area contributed by atoms with E-state index in [0.717, 1.165) is 23.4 Å². The summed E-state index contributed by atoms with van der Waals surface area (Å²) in [7, 11) is 1.92. The third-order valence-electron chi connectivity index (χ3n) is 2.44. The molecular weight excluding hydrogens is 212 g/mol. The number of aromatic nitrogens is 1. The summed E-state index contributed by atoms with van der Waals surface area (Å²) in [5, 5.41) is 3.12. The molecule has 0 aliphatic rings. The van der Waals surface area contributed by atoms with Crippen molar-refractivity contribution in [3.8, 4) is 11.6 Å². The van der Waals surface area contributed by atoms with Crippen molar-refractivity contribution in [2.24, 2.45) is 0 Å². The van der Waals surface area contributed by atoms with E-state index in [9.17, 15) is 0 Å². The standard InChI is InChI=1S/C14H16N2O/c1-11-7-8-16-14(9-11)17-13-6-4-3-5-12(13)10-15-2/h3-9,15H,10H2,1-2H3. The third-order valence-corrected chi connectivity index (χ3v) is 2.44. The Morgan fingerprint density at radius 3 is 2.82 bits per heavy atom. The van der Waals surface area contributed by atoms with Gasteiger partial charge in [-0.1, -0.05) is 18.2 Å². The lowest BCUT2D eigenvalue weighted by molar-refractivity contribution is 0.455. The average molecular weight is 228 g/mol. The third kappa shape index (κ3) is 3.04. The lowest BCUT2D eigenvalue weighted by Gasteiger charge is -2.10. The number of aryl methyl sites for hydroxylation is 1. The lowest BCUT2D eigenvalue weighted by atomic mass is 10.2. The minimum absolute atomic E-state index is 0.633. The number of rotatable bonds is 4. The number of ether oxygens (including phenoxy) is 1. The smallest absolute Gasteiger partial charge is 0.219 e. The summed E-state index contributed by atoms with van der Waals surface area (Å²) in [5.74, 6) is 1.48. The molecule has 1 heterocycles. The van der Waals surface area contributed by atoms with Crippen LogP contribution < -0.4 is 10.1 Å². The number of benzene rings is 1. The Morgan fingerprint density at radius 2 is 2.06 bits per heavy atom. The zero-order valence-corrected chi connectivity index (χ0v) is 10.1. The predicted octanol–water partition coefficient (Wildman–Crippen LogP) is 2.90. The minimum Gasteiger partial charge on any atom is -0.439 e. The van der Waals surface area contributed by atoms with Gasteiger partial charge in [0.25, 0.3) is 0 Å². The van der Waals surface area contributed by atoms with Crippen LogP contribution in [0.4, 0.5) is 0 Å². The molecule has 0 amide bonds. The van der Waals surface area contributed by atoms with Crippen LogP contribution in [0.2, 0.25) is 0 Å². The maximum atomic E-state index is 5.79. The summed E-state index contributed by atoms with van der Waals surface area (Å²) in [5.41, 5.74) is 2.26. The monoisotopic (exact) mass is 228 g/mol. The van der Waals surface area contributed by atoms with Crippen LogP contribution >= 0.6 is 0 Å². The number of hydrogen-bond acceptors (Lipinski definition) is 3. The topological polar surface area (TPSA) is 34.1 Å². The summed E-state index contributed by atoms with van der Waals surface area (Å²) in [6.07, 6.45) is 1.76. The van der Waals surface area contributed by atoms with Gasteiger partial charge in [0.1, 0.15) is 5.75 Å². The van der Waals surface area contributed by atoms with E-state index in [0.29, 0.717) is 5.88 Å². The average Bonchev–Trinajstić information content (AvgIpc) is 2.32. The van der Waals surface area contributed by atoms with E-state index in [-0.39, 0.29) is 0 Å². The van der Waals surface area contributed by atoms with E-state index in [1.807, 2.05) is 50.4 Å². The molecule has 3 heteroatoms. The van der Waals surface area contributed by atoms with Crippen LogP contribution in [0.5, 0.6) is 11.6 Å². The Bertz CT molecular complexity index is 497. The molecule has 1 aromatic carbocycles. The van der Waals surface area contributed by atoms with E-state index in [2.05, 4.69) is 10.3 Å². The van der Waals surface area contributed by atoms with Gasteiger partial charge in [-0.3, -0.25) is 0 Å². The fourth-order valence-corrected chi connectivity index (χ4v) is 1.62. The van der Waals surface area contributed by atoms with Crippen molar-refractivity contribution in [2.75, 3.05) is 7.05 Å². The Balaban J connectivity index is 2.23. The fourth-order valence-electron chi connectivity index (χ4n) is 1.62. The zero-order valence-electron chi connectivity index (χ0n) is 10.1. The van der Waals surface area contributed by atoms with Crippen molar-refractivity contribution in [1.82, 2.24) is 10.3 Å². The molecule has 2 aromatic rings. The van der Waals surface area contributed by atoms with Crippen LogP contribution in [0.15, 0.2) is 42.6 Å². The van der Waals surface area contributed by atoms with Crippen molar-refractivity contribution in [3.05, 3.63) is 53.7 Å². The van der Waals surface area contributed by atoms with Crippen LogP contribution in [0, 0.1) is 6.92 Å². The molecule has 0 saturated heterocycles. The summed E-state index contributed by atoms with van der Waals surface area (Å²) in [4.78, 5) is 4.19. The molecular formula is C14H16N2O. The largest absolute Gasteiger partial charge is 0.439 e. The van der Waals surface area contributed by atoms with Gasteiger partial charge >= 0.3 is 0 Å². The van der Waals surface area contributed by atoms with Crippen molar-refractivity contribution in [3.63, 3.8) is 0 Å². The predicted molar refractivity (Wildman–Crippen MR) is 68.3 cm³/mol. The van der Waals surface area contributed by atoms with Gasteiger partial charge < -0.3 is 10.1 Å². The lowest BCUT2D eigenvalue weighted by Crippen LogP contribution is -2.06. The molecule has 2 rings (SSSR count). The molecule has 0 atom stereocenters. The van der Waals surface area contributed by atoms with Crippen LogP contribution in [-0.4, -0.2) is 12.0 Å². The van der Waals surface area contributed by atoms with Gasteiger partial charge in [0, 0.05) is 24.4 Å². The highest BCUT2D eigenvalue weighted by Crippen LogP contribution is 2.23. The van der Waals surface area contributed by atoms with Crippen molar-refractivity contribution in [2.45, 2.75) is 13.5 Å². The van der Waals surface area contributed by atoms with Gasteiger partial charge in [0.05, 0.1) is 0 Å². The van der Waals surface area contributed by atoms with E-state index in [1.54, 1.807) is 6.20 Å². The number of nitrogens with zero attached hydrogens (tertiary/aromatic N) is 1. The molecule has 0 aliphatic heterocycles. The first-order valence-corrected chi connectivity index (χ1v) is 5.62. The van der Waals surface area contributed by atoms with Gasteiger partial charge in [0.2, 0.25) is 5.88 Å². The van der Waals surface area contributed by atoms with Crippen molar-refractivity contribution >= 4 is 0 Å². The highest BCUT2D eigenvalue weighted by molar-refractivity contribution is 5.36. The second kappa shape index (κ2) is 5.46. The number of pyridine rings is 1. The molecule has 0 bridgehead atoms. The first kappa shape index (κ1) is 11.6. The molecule has 0 fully saturated rings. The Kier molecular flexibility index (Phi) is 3.73. The molecule has 0 saturated carbocycles. The van der Waals surface area contributed by atoms with E-state index >= 15 is 0 Å². The fraction of sp³-hybridized carbons (Fsp3) is 0.214. The van der Waals surface area contributed by atoms with Crippen LogP contribution in [-0.2, 0) is 6.54 Å². The summed E-state index contributed by atoms with van der Waals surface area (Å²) in [6, 6.07) is 11.8.